The van der Waals surface area contributed by atoms with Crippen LogP contribution in [0.2, 0.25) is 0 Å². The summed E-state index contributed by atoms with van der Waals surface area (Å²) >= 11 is 0. The van der Waals surface area contributed by atoms with E-state index in [0.29, 0.717) is 39.0 Å². The summed E-state index contributed by atoms with van der Waals surface area (Å²) in [5.41, 5.74) is 5.71. The number of hydrogen-bond donors (Lipinski definition) is 3. The Hall–Kier alpha value is -2.15. The Bertz CT molecular complexity index is 501. The molecule has 0 spiro atoms. The highest BCUT2D eigenvalue weighted by atomic mass is 16.5. The average molecular weight is 306 g/mol. The van der Waals surface area contributed by atoms with Gasteiger partial charge in [-0.3, -0.25) is 9.78 Å². The van der Waals surface area contributed by atoms with Gasteiger partial charge in [0.15, 0.2) is 0 Å². The molecule has 1 aliphatic heterocycles. The van der Waals surface area contributed by atoms with E-state index in [1.807, 2.05) is 18.2 Å². The Morgan fingerprint density at radius 2 is 2.05 bits per heavy atom. The minimum atomic E-state index is -0.698. The molecule has 2 heterocycles. The van der Waals surface area contributed by atoms with E-state index >= 15 is 0 Å². The lowest BCUT2D eigenvalue weighted by Crippen LogP contribution is -2.51. The summed E-state index contributed by atoms with van der Waals surface area (Å²) in [5, 5.41) is 5.49. The number of aromatic nitrogens is 1. The van der Waals surface area contributed by atoms with Gasteiger partial charge in [0.1, 0.15) is 0 Å². The van der Waals surface area contributed by atoms with Crippen molar-refractivity contribution in [3.05, 3.63) is 30.1 Å². The molecular formula is C15H22N4O3. The first-order valence-electron chi connectivity index (χ1n) is 7.42. The number of rotatable bonds is 6. The van der Waals surface area contributed by atoms with Crippen LogP contribution in [0, 0.1) is 5.41 Å². The van der Waals surface area contributed by atoms with E-state index in [1.165, 1.54) is 0 Å². The fourth-order valence-electron chi connectivity index (χ4n) is 2.43. The van der Waals surface area contributed by atoms with E-state index in [4.69, 9.17) is 10.5 Å². The van der Waals surface area contributed by atoms with Gasteiger partial charge in [0, 0.05) is 44.6 Å². The highest BCUT2D eigenvalue weighted by Gasteiger charge is 2.38. The first kappa shape index (κ1) is 16.2. The van der Waals surface area contributed by atoms with Crippen molar-refractivity contribution in [1.29, 1.82) is 0 Å². The molecular weight excluding hydrogens is 284 g/mol. The smallest absolute Gasteiger partial charge is 0.314 e. The van der Waals surface area contributed by atoms with E-state index in [9.17, 15) is 9.59 Å². The highest BCUT2D eigenvalue weighted by molar-refractivity contribution is 5.82. The topological polar surface area (TPSA) is 106 Å². The zero-order chi connectivity index (χ0) is 15.8. The van der Waals surface area contributed by atoms with Crippen LogP contribution < -0.4 is 16.4 Å². The van der Waals surface area contributed by atoms with Crippen LogP contribution in [0.5, 0.6) is 0 Å². The van der Waals surface area contributed by atoms with Crippen molar-refractivity contribution in [2.24, 2.45) is 11.1 Å². The third-order valence-electron chi connectivity index (χ3n) is 3.95. The molecule has 3 amide bonds. The zero-order valence-electron chi connectivity index (χ0n) is 12.5. The van der Waals surface area contributed by atoms with Gasteiger partial charge in [0.2, 0.25) is 5.91 Å². The number of carbonyl (C=O) groups excluding carboxylic acids is 2. The van der Waals surface area contributed by atoms with Crippen LogP contribution in [0.4, 0.5) is 4.79 Å². The number of nitrogens with one attached hydrogen (secondary N) is 2. The van der Waals surface area contributed by atoms with Crippen molar-refractivity contribution < 1.29 is 14.3 Å². The predicted molar refractivity (Wildman–Crippen MR) is 81.0 cm³/mol. The van der Waals surface area contributed by atoms with E-state index in [0.717, 1.165) is 5.69 Å². The molecule has 1 aromatic rings. The number of hydrogen-bond acceptors (Lipinski definition) is 4. The van der Waals surface area contributed by atoms with E-state index in [2.05, 4.69) is 15.6 Å². The molecule has 2 rings (SSSR count). The quantitative estimate of drug-likeness (QED) is 0.698. The van der Waals surface area contributed by atoms with Crippen LogP contribution in [0.1, 0.15) is 18.5 Å². The highest BCUT2D eigenvalue weighted by Crippen LogP contribution is 2.29. The number of amides is 3. The fourth-order valence-corrected chi connectivity index (χ4v) is 2.43. The van der Waals surface area contributed by atoms with Crippen LogP contribution in [0.25, 0.3) is 0 Å². The van der Waals surface area contributed by atoms with Crippen LogP contribution in [0.3, 0.4) is 0 Å². The maximum atomic E-state index is 11.8. The summed E-state index contributed by atoms with van der Waals surface area (Å²) in [4.78, 5) is 27.7. The van der Waals surface area contributed by atoms with Crippen molar-refractivity contribution in [3.8, 4) is 0 Å². The molecule has 4 N–H and O–H groups in total. The number of urea groups is 1. The second-order valence-corrected chi connectivity index (χ2v) is 5.44. The first-order chi connectivity index (χ1) is 10.6. The molecule has 7 nitrogen and oxygen atoms in total. The van der Waals surface area contributed by atoms with Gasteiger partial charge in [-0.25, -0.2) is 4.79 Å². The number of pyridine rings is 1. The molecule has 1 saturated heterocycles. The predicted octanol–water partition coefficient (Wildman–Crippen LogP) is 0.205. The van der Waals surface area contributed by atoms with Crippen molar-refractivity contribution in [3.63, 3.8) is 0 Å². The van der Waals surface area contributed by atoms with Gasteiger partial charge in [-0.2, -0.15) is 0 Å². The molecule has 1 aliphatic rings. The van der Waals surface area contributed by atoms with Crippen LogP contribution in [0.15, 0.2) is 24.4 Å². The molecule has 0 aliphatic carbocycles. The molecule has 0 radical (unpaired) electrons. The van der Waals surface area contributed by atoms with Gasteiger partial charge in [-0.1, -0.05) is 6.07 Å². The Labute approximate surface area is 129 Å². The van der Waals surface area contributed by atoms with Crippen molar-refractivity contribution in [2.75, 3.05) is 26.3 Å². The largest absolute Gasteiger partial charge is 0.381 e. The lowest BCUT2D eigenvalue weighted by molar-refractivity contribution is -0.132. The molecule has 22 heavy (non-hydrogen) atoms. The summed E-state index contributed by atoms with van der Waals surface area (Å²) < 4.78 is 5.25. The fraction of sp³-hybridized carbons (Fsp3) is 0.533. The Morgan fingerprint density at radius 3 is 2.68 bits per heavy atom. The van der Waals surface area contributed by atoms with Gasteiger partial charge in [0.05, 0.1) is 5.41 Å². The van der Waals surface area contributed by atoms with Crippen molar-refractivity contribution >= 4 is 11.9 Å². The zero-order valence-corrected chi connectivity index (χ0v) is 12.5. The summed E-state index contributed by atoms with van der Waals surface area (Å²) in [5.74, 6) is -0.385. The van der Waals surface area contributed by atoms with E-state index < -0.39 is 5.41 Å². The third kappa shape index (κ3) is 4.42. The maximum absolute atomic E-state index is 11.8. The minimum absolute atomic E-state index is 0.237. The third-order valence-corrected chi connectivity index (χ3v) is 3.95. The molecule has 120 valence electrons. The number of nitrogens with two attached hydrogens (primary N) is 1. The molecule has 0 unspecified atom stereocenters. The van der Waals surface area contributed by atoms with Gasteiger partial charge >= 0.3 is 6.03 Å². The maximum Gasteiger partial charge on any atom is 0.314 e. The molecule has 0 saturated carbocycles. The van der Waals surface area contributed by atoms with Gasteiger partial charge in [-0.15, -0.1) is 0 Å². The van der Waals surface area contributed by atoms with Crippen molar-refractivity contribution in [1.82, 2.24) is 15.6 Å². The summed E-state index contributed by atoms with van der Waals surface area (Å²) in [7, 11) is 0. The lowest BCUT2D eigenvalue weighted by Gasteiger charge is -2.34. The number of carbonyl (C=O) groups is 2. The van der Waals surface area contributed by atoms with E-state index in [-0.39, 0.29) is 18.5 Å². The number of nitrogens with zero attached hydrogens (tertiary/aromatic N) is 1. The summed E-state index contributed by atoms with van der Waals surface area (Å²) in [6.07, 6.45) is 3.45. The average Bonchev–Trinajstić information content (AvgIpc) is 2.55. The Balaban J connectivity index is 1.73. The number of primary amides is 1. The monoisotopic (exact) mass is 306 g/mol. The van der Waals surface area contributed by atoms with Gasteiger partial charge < -0.3 is 21.1 Å². The molecule has 1 aromatic heterocycles. The molecule has 0 atom stereocenters. The SMILES string of the molecule is NC(=O)C1(CNC(=O)NCCc2ccccn2)CCOCC1. The number of ether oxygens (including phenoxy) is 1. The van der Waals surface area contributed by atoms with Gasteiger partial charge in [-0.05, 0) is 25.0 Å². The minimum Gasteiger partial charge on any atom is -0.381 e. The van der Waals surface area contributed by atoms with E-state index in [1.54, 1.807) is 6.20 Å². The van der Waals surface area contributed by atoms with Gasteiger partial charge in [0.25, 0.3) is 0 Å². The van der Waals surface area contributed by atoms with Crippen LogP contribution >= 0.6 is 0 Å². The van der Waals surface area contributed by atoms with Crippen molar-refractivity contribution in [2.45, 2.75) is 19.3 Å². The Kier molecular flexibility index (Phi) is 5.71. The molecule has 0 bridgehead atoms. The lowest BCUT2D eigenvalue weighted by atomic mass is 9.79. The molecule has 1 fully saturated rings. The first-order valence-corrected chi connectivity index (χ1v) is 7.42. The standard InChI is InChI=1S/C15H22N4O3/c16-13(20)15(5-9-22-10-6-15)11-19-14(21)18-8-4-12-3-1-2-7-17-12/h1-3,7H,4-6,8-11H2,(H2,16,20)(H2,18,19,21). The normalized spacial score (nSPS) is 16.7. The van der Waals surface area contributed by atoms with Crippen LogP contribution in [-0.4, -0.2) is 43.2 Å². The molecule has 7 heteroatoms. The van der Waals surface area contributed by atoms with Crippen LogP contribution in [-0.2, 0) is 16.0 Å². The second-order valence-electron chi connectivity index (χ2n) is 5.44. The Morgan fingerprint density at radius 1 is 1.27 bits per heavy atom. The summed E-state index contributed by atoms with van der Waals surface area (Å²) in [6.45, 7) is 1.70. The molecule has 0 aromatic carbocycles. The summed E-state index contributed by atoms with van der Waals surface area (Å²) in [6, 6.07) is 5.36. The second kappa shape index (κ2) is 7.74.